The average molecular weight is 497 g/mol. The highest BCUT2D eigenvalue weighted by Crippen LogP contribution is 2.30. The molecule has 186 valence electrons. The van der Waals surface area contributed by atoms with Gasteiger partial charge in [-0.05, 0) is 48.4 Å². The van der Waals surface area contributed by atoms with Gasteiger partial charge in [0.1, 0.15) is 5.82 Å². The zero-order chi connectivity index (χ0) is 25.4. The van der Waals surface area contributed by atoms with E-state index in [0.29, 0.717) is 59.9 Å². The van der Waals surface area contributed by atoms with E-state index in [0.717, 1.165) is 17.7 Å². The third kappa shape index (κ3) is 4.22. The van der Waals surface area contributed by atoms with E-state index in [1.54, 1.807) is 47.2 Å². The fraction of sp³-hybridized carbons (Fsp3) is 0.250. The first kappa shape index (κ1) is 22.9. The van der Waals surface area contributed by atoms with Gasteiger partial charge in [0.25, 0.3) is 17.4 Å². The molecule has 2 aromatic heterocycles. The van der Waals surface area contributed by atoms with Crippen LogP contribution in [0.3, 0.4) is 0 Å². The molecule has 4 aromatic rings. The van der Waals surface area contributed by atoms with Crippen LogP contribution in [0.2, 0.25) is 0 Å². The lowest BCUT2D eigenvalue weighted by molar-refractivity contribution is 0.0655. The highest BCUT2D eigenvalue weighted by Gasteiger charge is 2.35. The third-order valence-corrected chi connectivity index (χ3v) is 6.68. The standard InChI is InChI=1S/C28H24N4O5/c33-26-19-5-1-2-6-20(19)27(34)32(26)14-11-24-30-25-21(7-3-12-29-25)28(35)31(24)13-10-18-8-9-22-23(17-18)37-16-4-15-36-22/h1-3,5-9,12,17H,4,10-11,13-16H2. The zero-order valence-electron chi connectivity index (χ0n) is 20.1. The summed E-state index contributed by atoms with van der Waals surface area (Å²) in [4.78, 5) is 49.2. The van der Waals surface area contributed by atoms with Gasteiger partial charge < -0.3 is 9.47 Å². The molecule has 0 saturated heterocycles. The van der Waals surface area contributed by atoms with Crippen LogP contribution in [0.15, 0.2) is 65.6 Å². The van der Waals surface area contributed by atoms with Crippen LogP contribution < -0.4 is 15.0 Å². The molecule has 9 heteroatoms. The van der Waals surface area contributed by atoms with Gasteiger partial charge >= 0.3 is 0 Å². The summed E-state index contributed by atoms with van der Waals surface area (Å²) in [6.07, 6.45) is 3.20. The number of hydrogen-bond donors (Lipinski definition) is 0. The highest BCUT2D eigenvalue weighted by molar-refractivity contribution is 6.21. The van der Waals surface area contributed by atoms with Crippen molar-refractivity contribution < 1.29 is 19.1 Å². The average Bonchev–Trinajstić information content (AvgIpc) is 3.06. The number of carbonyl (C=O) groups is 2. The fourth-order valence-electron chi connectivity index (χ4n) is 4.78. The lowest BCUT2D eigenvalue weighted by Gasteiger charge is -2.17. The summed E-state index contributed by atoms with van der Waals surface area (Å²) >= 11 is 0. The molecule has 0 fully saturated rings. The Morgan fingerprint density at radius 3 is 2.35 bits per heavy atom. The summed E-state index contributed by atoms with van der Waals surface area (Å²) in [7, 11) is 0. The Morgan fingerprint density at radius 2 is 1.57 bits per heavy atom. The number of amides is 2. The van der Waals surface area contributed by atoms with Gasteiger partial charge in [-0.1, -0.05) is 18.2 Å². The third-order valence-electron chi connectivity index (χ3n) is 6.68. The van der Waals surface area contributed by atoms with Crippen LogP contribution in [0.25, 0.3) is 11.0 Å². The molecule has 0 atom stereocenters. The largest absolute Gasteiger partial charge is 0.490 e. The van der Waals surface area contributed by atoms with E-state index < -0.39 is 0 Å². The molecule has 0 aliphatic carbocycles. The second-order valence-electron chi connectivity index (χ2n) is 9.00. The van der Waals surface area contributed by atoms with E-state index >= 15 is 0 Å². The van der Waals surface area contributed by atoms with Gasteiger partial charge in [-0.3, -0.25) is 23.9 Å². The Balaban J connectivity index is 1.28. The number of hydrogen-bond acceptors (Lipinski definition) is 7. The summed E-state index contributed by atoms with van der Waals surface area (Å²) in [5.41, 5.74) is 1.93. The lowest BCUT2D eigenvalue weighted by Crippen LogP contribution is -2.34. The van der Waals surface area contributed by atoms with E-state index in [1.807, 2.05) is 18.2 Å². The predicted octanol–water partition coefficient (Wildman–Crippen LogP) is 3.03. The van der Waals surface area contributed by atoms with E-state index in [4.69, 9.17) is 9.47 Å². The minimum absolute atomic E-state index is 0.112. The molecule has 6 rings (SSSR count). The van der Waals surface area contributed by atoms with Gasteiger partial charge in [-0.15, -0.1) is 0 Å². The first-order chi connectivity index (χ1) is 18.1. The van der Waals surface area contributed by atoms with Crippen LogP contribution in [0.4, 0.5) is 0 Å². The van der Waals surface area contributed by atoms with Crippen LogP contribution in [-0.2, 0) is 19.4 Å². The molecule has 0 N–H and O–H groups in total. The van der Waals surface area contributed by atoms with Gasteiger partial charge in [0.2, 0.25) is 0 Å². The van der Waals surface area contributed by atoms with Gasteiger partial charge in [0.05, 0.1) is 29.7 Å². The Labute approximate surface area is 212 Å². The quantitative estimate of drug-likeness (QED) is 0.378. The van der Waals surface area contributed by atoms with Gasteiger partial charge in [-0.2, -0.15) is 0 Å². The molecule has 9 nitrogen and oxygen atoms in total. The van der Waals surface area contributed by atoms with Crippen LogP contribution in [0.5, 0.6) is 11.5 Å². The molecule has 37 heavy (non-hydrogen) atoms. The Morgan fingerprint density at radius 1 is 0.811 bits per heavy atom. The molecule has 2 aromatic carbocycles. The second-order valence-corrected chi connectivity index (χ2v) is 9.00. The van der Waals surface area contributed by atoms with Crippen molar-refractivity contribution >= 4 is 22.8 Å². The number of fused-ring (bicyclic) bond motifs is 3. The van der Waals surface area contributed by atoms with Gasteiger partial charge in [-0.25, -0.2) is 9.97 Å². The highest BCUT2D eigenvalue weighted by atomic mass is 16.5. The number of benzene rings is 2. The molecule has 0 unspecified atom stereocenters. The number of pyridine rings is 1. The van der Waals surface area contributed by atoms with Crippen LogP contribution in [0, 0.1) is 0 Å². The van der Waals surface area contributed by atoms with Crippen molar-refractivity contribution in [2.24, 2.45) is 0 Å². The molecule has 0 saturated carbocycles. The van der Waals surface area contributed by atoms with Crippen LogP contribution in [0.1, 0.15) is 38.5 Å². The first-order valence-electron chi connectivity index (χ1n) is 12.3. The molecular formula is C28H24N4O5. The van der Waals surface area contributed by atoms with Crippen molar-refractivity contribution in [1.82, 2.24) is 19.4 Å². The maximum Gasteiger partial charge on any atom is 0.263 e. The summed E-state index contributed by atoms with van der Waals surface area (Å²) in [5, 5.41) is 0.422. The summed E-state index contributed by atoms with van der Waals surface area (Å²) in [6, 6.07) is 16.0. The molecule has 2 aliphatic rings. The van der Waals surface area contributed by atoms with Crippen molar-refractivity contribution in [2.45, 2.75) is 25.8 Å². The smallest absolute Gasteiger partial charge is 0.263 e. The second kappa shape index (κ2) is 9.50. The molecule has 4 heterocycles. The number of aryl methyl sites for hydroxylation is 1. The van der Waals surface area contributed by atoms with E-state index in [1.165, 1.54) is 4.90 Å². The first-order valence-corrected chi connectivity index (χ1v) is 12.3. The monoisotopic (exact) mass is 496 g/mol. The molecule has 0 bridgehead atoms. The number of imide groups is 1. The molecule has 2 aliphatic heterocycles. The van der Waals surface area contributed by atoms with Gasteiger partial charge in [0.15, 0.2) is 17.1 Å². The summed E-state index contributed by atoms with van der Waals surface area (Å²) < 4.78 is 13.1. The van der Waals surface area contributed by atoms with Crippen molar-refractivity contribution in [3.05, 3.63) is 93.7 Å². The lowest BCUT2D eigenvalue weighted by atomic mass is 10.1. The number of carbonyl (C=O) groups excluding carboxylic acids is 2. The van der Waals surface area contributed by atoms with Crippen LogP contribution >= 0.6 is 0 Å². The van der Waals surface area contributed by atoms with Crippen molar-refractivity contribution in [1.29, 1.82) is 0 Å². The summed E-state index contributed by atoms with van der Waals surface area (Å²) in [6.45, 7) is 1.70. The Hall–Kier alpha value is -4.53. The van der Waals surface area contributed by atoms with Crippen LogP contribution in [-0.4, -0.2) is 51.0 Å². The van der Waals surface area contributed by atoms with E-state index in [2.05, 4.69) is 9.97 Å². The zero-order valence-corrected chi connectivity index (χ0v) is 20.1. The predicted molar refractivity (Wildman–Crippen MR) is 135 cm³/mol. The maximum absolute atomic E-state index is 13.4. The SMILES string of the molecule is O=C1c2ccccc2C(=O)N1CCc1nc2ncccc2c(=O)n1CCc1ccc2c(c1)OCCCO2. The minimum atomic E-state index is -0.333. The Kier molecular flexibility index (Phi) is 5.88. The van der Waals surface area contributed by atoms with Crippen molar-refractivity contribution in [2.75, 3.05) is 19.8 Å². The molecule has 2 amide bonds. The topological polar surface area (TPSA) is 104 Å². The van der Waals surface area contributed by atoms with E-state index in [9.17, 15) is 14.4 Å². The number of ether oxygens (including phenoxy) is 2. The summed E-state index contributed by atoms with van der Waals surface area (Å²) in [5.74, 6) is 1.23. The van der Waals surface area contributed by atoms with Crippen molar-refractivity contribution in [3.8, 4) is 11.5 Å². The fourth-order valence-corrected chi connectivity index (χ4v) is 4.78. The van der Waals surface area contributed by atoms with E-state index in [-0.39, 0.29) is 30.3 Å². The van der Waals surface area contributed by atoms with Crippen molar-refractivity contribution in [3.63, 3.8) is 0 Å². The normalized spacial score (nSPS) is 14.6. The maximum atomic E-state index is 13.4. The molecule has 0 radical (unpaired) electrons. The number of rotatable bonds is 6. The van der Waals surface area contributed by atoms with Gasteiger partial charge in [0, 0.05) is 32.1 Å². The molecular weight excluding hydrogens is 472 g/mol. The Bertz CT molecular complexity index is 1560. The minimum Gasteiger partial charge on any atom is -0.490 e. The number of aromatic nitrogens is 3. The molecule has 0 spiro atoms. The number of nitrogens with zero attached hydrogens (tertiary/aromatic N) is 4.